The Kier molecular flexibility index (Phi) is 3.36. The lowest BCUT2D eigenvalue weighted by molar-refractivity contribution is 0.187. The van der Waals surface area contributed by atoms with Crippen molar-refractivity contribution in [2.75, 3.05) is 6.54 Å². The van der Waals surface area contributed by atoms with E-state index >= 15 is 0 Å². The van der Waals surface area contributed by atoms with Crippen molar-refractivity contribution < 1.29 is 0 Å². The van der Waals surface area contributed by atoms with E-state index in [4.69, 9.17) is 5.73 Å². The van der Waals surface area contributed by atoms with Crippen LogP contribution in [0.4, 0.5) is 0 Å². The summed E-state index contributed by atoms with van der Waals surface area (Å²) in [5.41, 5.74) is 6.63. The minimum Gasteiger partial charge on any atom is -0.324 e. The van der Waals surface area contributed by atoms with Crippen molar-refractivity contribution in [2.24, 2.45) is 5.73 Å². The van der Waals surface area contributed by atoms with Crippen molar-refractivity contribution in [2.45, 2.75) is 64.0 Å². The zero-order valence-electron chi connectivity index (χ0n) is 9.32. The van der Waals surface area contributed by atoms with Gasteiger partial charge in [-0.1, -0.05) is 13.8 Å². The molecule has 1 aliphatic carbocycles. The predicted molar refractivity (Wildman–Crippen MR) is 57.8 cm³/mol. The van der Waals surface area contributed by atoms with E-state index in [1.54, 1.807) is 0 Å². The molecule has 0 bridgehead atoms. The second-order valence-corrected chi connectivity index (χ2v) is 4.84. The average Bonchev–Trinajstić information content (AvgIpc) is 2.11. The molecule has 0 spiro atoms. The molecule has 0 unspecified atom stereocenters. The summed E-state index contributed by atoms with van der Waals surface area (Å²) in [4.78, 5) is 0. The van der Waals surface area contributed by atoms with Gasteiger partial charge in [-0.3, -0.25) is 0 Å². The molecular weight excluding hydrogens is 160 g/mol. The standard InChI is InChI=1S/C11H24N2/c1-4-11(12,5-2)9-13-10(3)7-6-8-10/h13H,4-9,12H2,1-3H3. The molecule has 78 valence electrons. The molecule has 0 saturated heterocycles. The molecule has 0 aromatic carbocycles. The van der Waals surface area contributed by atoms with E-state index in [2.05, 4.69) is 26.1 Å². The zero-order valence-corrected chi connectivity index (χ0v) is 9.32. The molecule has 1 fully saturated rings. The Morgan fingerprint density at radius 2 is 1.85 bits per heavy atom. The molecule has 0 amide bonds. The molecule has 0 heterocycles. The maximum Gasteiger partial charge on any atom is 0.0275 e. The van der Waals surface area contributed by atoms with Crippen LogP contribution in [0.3, 0.4) is 0 Å². The van der Waals surface area contributed by atoms with Crippen LogP contribution in [-0.4, -0.2) is 17.6 Å². The first-order valence-electron chi connectivity index (χ1n) is 5.57. The summed E-state index contributed by atoms with van der Waals surface area (Å²) in [5.74, 6) is 0. The highest BCUT2D eigenvalue weighted by atomic mass is 15.0. The van der Waals surface area contributed by atoms with Gasteiger partial charge in [-0.25, -0.2) is 0 Å². The summed E-state index contributed by atoms with van der Waals surface area (Å²) in [6.45, 7) is 7.63. The van der Waals surface area contributed by atoms with Crippen LogP contribution in [0.5, 0.6) is 0 Å². The van der Waals surface area contributed by atoms with E-state index in [-0.39, 0.29) is 5.54 Å². The Hall–Kier alpha value is -0.0800. The molecule has 1 aliphatic rings. The molecule has 0 aromatic rings. The van der Waals surface area contributed by atoms with E-state index in [1.807, 2.05) is 0 Å². The van der Waals surface area contributed by atoms with Crippen LogP contribution in [0.25, 0.3) is 0 Å². The fourth-order valence-electron chi connectivity index (χ4n) is 1.77. The lowest BCUT2D eigenvalue weighted by atomic mass is 9.78. The van der Waals surface area contributed by atoms with Crippen molar-refractivity contribution in [3.63, 3.8) is 0 Å². The molecule has 0 aromatic heterocycles. The monoisotopic (exact) mass is 184 g/mol. The average molecular weight is 184 g/mol. The van der Waals surface area contributed by atoms with Crippen LogP contribution in [0, 0.1) is 0 Å². The molecule has 1 rings (SSSR count). The normalized spacial score (nSPS) is 21.2. The molecule has 0 aliphatic heterocycles. The summed E-state index contributed by atoms with van der Waals surface area (Å²) in [6.07, 6.45) is 6.13. The van der Waals surface area contributed by atoms with E-state index < -0.39 is 0 Å². The Bertz CT molecular complexity index is 157. The van der Waals surface area contributed by atoms with Crippen molar-refractivity contribution in [3.8, 4) is 0 Å². The largest absolute Gasteiger partial charge is 0.324 e. The second-order valence-electron chi connectivity index (χ2n) is 4.84. The van der Waals surface area contributed by atoms with Gasteiger partial charge in [0.25, 0.3) is 0 Å². The van der Waals surface area contributed by atoms with Crippen LogP contribution in [0.1, 0.15) is 52.9 Å². The fraction of sp³-hybridized carbons (Fsp3) is 1.00. The lowest BCUT2D eigenvalue weighted by Crippen LogP contribution is -2.56. The van der Waals surface area contributed by atoms with Gasteiger partial charge in [0.15, 0.2) is 0 Å². The van der Waals surface area contributed by atoms with Gasteiger partial charge < -0.3 is 11.1 Å². The van der Waals surface area contributed by atoms with Gasteiger partial charge in [-0.15, -0.1) is 0 Å². The van der Waals surface area contributed by atoms with Gasteiger partial charge in [0.1, 0.15) is 0 Å². The smallest absolute Gasteiger partial charge is 0.0275 e. The molecule has 2 heteroatoms. The summed E-state index contributed by atoms with van der Waals surface area (Å²) in [5, 5.41) is 3.61. The second kappa shape index (κ2) is 3.97. The molecular formula is C11H24N2. The van der Waals surface area contributed by atoms with Crippen LogP contribution >= 0.6 is 0 Å². The van der Waals surface area contributed by atoms with Gasteiger partial charge in [0.2, 0.25) is 0 Å². The number of nitrogens with two attached hydrogens (primary N) is 1. The van der Waals surface area contributed by atoms with E-state index in [0.717, 1.165) is 19.4 Å². The van der Waals surface area contributed by atoms with E-state index in [1.165, 1.54) is 19.3 Å². The quantitative estimate of drug-likeness (QED) is 0.686. The maximum atomic E-state index is 6.22. The van der Waals surface area contributed by atoms with Crippen molar-refractivity contribution in [1.29, 1.82) is 0 Å². The van der Waals surface area contributed by atoms with Crippen LogP contribution in [-0.2, 0) is 0 Å². The Morgan fingerprint density at radius 1 is 1.31 bits per heavy atom. The van der Waals surface area contributed by atoms with Crippen molar-refractivity contribution in [3.05, 3.63) is 0 Å². The van der Waals surface area contributed by atoms with Crippen molar-refractivity contribution in [1.82, 2.24) is 5.32 Å². The maximum absolute atomic E-state index is 6.22. The Labute approximate surface area is 82.3 Å². The predicted octanol–water partition coefficient (Wildman–Crippen LogP) is 2.04. The van der Waals surface area contributed by atoms with Gasteiger partial charge >= 0.3 is 0 Å². The number of rotatable bonds is 5. The van der Waals surface area contributed by atoms with Crippen LogP contribution in [0.15, 0.2) is 0 Å². The highest BCUT2D eigenvalue weighted by molar-refractivity contribution is 4.95. The minimum atomic E-state index is 0.0125. The molecule has 1 saturated carbocycles. The van der Waals surface area contributed by atoms with Crippen LogP contribution < -0.4 is 11.1 Å². The third-order valence-corrected chi connectivity index (χ3v) is 3.73. The molecule has 0 radical (unpaired) electrons. The topological polar surface area (TPSA) is 38.0 Å². The number of hydrogen-bond acceptors (Lipinski definition) is 2. The highest BCUT2D eigenvalue weighted by Crippen LogP contribution is 2.31. The zero-order chi connectivity index (χ0) is 9.95. The lowest BCUT2D eigenvalue weighted by Gasteiger charge is -2.42. The minimum absolute atomic E-state index is 0.0125. The molecule has 0 atom stereocenters. The first-order valence-corrected chi connectivity index (χ1v) is 5.57. The number of hydrogen-bond donors (Lipinski definition) is 2. The summed E-state index contributed by atoms with van der Waals surface area (Å²) in [6, 6.07) is 0. The van der Waals surface area contributed by atoms with E-state index in [9.17, 15) is 0 Å². The summed E-state index contributed by atoms with van der Waals surface area (Å²) < 4.78 is 0. The highest BCUT2D eigenvalue weighted by Gasteiger charge is 2.33. The third kappa shape index (κ3) is 2.68. The third-order valence-electron chi connectivity index (χ3n) is 3.73. The van der Waals surface area contributed by atoms with E-state index in [0.29, 0.717) is 5.54 Å². The van der Waals surface area contributed by atoms with Crippen LogP contribution in [0.2, 0.25) is 0 Å². The van der Waals surface area contributed by atoms with Gasteiger partial charge in [-0.05, 0) is 39.0 Å². The van der Waals surface area contributed by atoms with Gasteiger partial charge in [0.05, 0.1) is 0 Å². The van der Waals surface area contributed by atoms with Crippen molar-refractivity contribution >= 4 is 0 Å². The number of nitrogens with one attached hydrogen (secondary N) is 1. The SMILES string of the molecule is CCC(N)(CC)CNC1(C)CCC1. The van der Waals surface area contributed by atoms with Gasteiger partial charge in [-0.2, -0.15) is 0 Å². The Balaban J connectivity index is 2.31. The Morgan fingerprint density at radius 3 is 2.15 bits per heavy atom. The summed E-state index contributed by atoms with van der Waals surface area (Å²) in [7, 11) is 0. The first kappa shape index (κ1) is 11.0. The molecule has 3 N–H and O–H groups in total. The first-order chi connectivity index (χ1) is 6.04. The molecule has 13 heavy (non-hydrogen) atoms. The summed E-state index contributed by atoms with van der Waals surface area (Å²) >= 11 is 0. The fourth-order valence-corrected chi connectivity index (χ4v) is 1.77. The van der Waals surface area contributed by atoms with Gasteiger partial charge in [0, 0.05) is 17.6 Å². The molecule has 2 nitrogen and oxygen atoms in total.